The Hall–Kier alpha value is -3.21. The van der Waals surface area contributed by atoms with Gasteiger partial charge < -0.3 is 30.4 Å². The SMILES string of the molecule is CSCC[C@H](NC(=O)[C@@](C)(Cc1c[nH]c2ccccc12)NC(=O)OC1C2CC3CC(C2)CC1C3)C(=O)N(C)CCC(=O)O. The number of alkyl carbamates (subject to hydrolysis) is 1. The van der Waals surface area contributed by atoms with Gasteiger partial charge in [0.25, 0.3) is 0 Å². The molecule has 10 nitrogen and oxygen atoms in total. The van der Waals surface area contributed by atoms with Crippen LogP contribution in [0.3, 0.4) is 0 Å². The lowest BCUT2D eigenvalue weighted by atomic mass is 9.55. The molecule has 4 fully saturated rings. The van der Waals surface area contributed by atoms with E-state index in [9.17, 15) is 19.2 Å². The van der Waals surface area contributed by atoms with Gasteiger partial charge in [-0.3, -0.25) is 14.4 Å². The fourth-order valence-electron chi connectivity index (χ4n) is 7.74. The van der Waals surface area contributed by atoms with E-state index in [-0.39, 0.29) is 31.4 Å². The van der Waals surface area contributed by atoms with Crippen LogP contribution in [0.2, 0.25) is 0 Å². The van der Waals surface area contributed by atoms with Crippen LogP contribution in [0.1, 0.15) is 57.4 Å². The first-order chi connectivity index (χ1) is 20.6. The van der Waals surface area contributed by atoms with Gasteiger partial charge in [0.05, 0.1) is 6.42 Å². The predicted octanol–water partition coefficient (Wildman–Crippen LogP) is 4.19. The lowest BCUT2D eigenvalue weighted by molar-refractivity contribution is -0.140. The molecule has 4 bridgehead atoms. The van der Waals surface area contributed by atoms with E-state index >= 15 is 0 Å². The number of aromatic amines is 1. The Morgan fingerprint density at radius 2 is 1.79 bits per heavy atom. The molecule has 0 spiro atoms. The number of amides is 3. The van der Waals surface area contributed by atoms with E-state index in [2.05, 4.69) is 15.6 Å². The van der Waals surface area contributed by atoms with Crippen LogP contribution in [-0.2, 0) is 25.5 Å². The van der Waals surface area contributed by atoms with Crippen LogP contribution in [-0.4, -0.2) is 82.2 Å². The zero-order chi connectivity index (χ0) is 30.7. The summed E-state index contributed by atoms with van der Waals surface area (Å²) in [4.78, 5) is 56.6. The molecule has 0 aliphatic heterocycles. The van der Waals surface area contributed by atoms with Crippen molar-refractivity contribution in [3.8, 4) is 0 Å². The van der Waals surface area contributed by atoms with Gasteiger partial charge in [0.2, 0.25) is 11.8 Å². The number of aromatic nitrogens is 1. The first-order valence-corrected chi connectivity index (χ1v) is 16.8. The second-order valence-electron chi connectivity index (χ2n) is 13.0. The van der Waals surface area contributed by atoms with Crippen LogP contribution < -0.4 is 10.6 Å². The minimum absolute atomic E-state index is 0.0302. The molecule has 6 rings (SSSR count). The first-order valence-electron chi connectivity index (χ1n) is 15.4. The molecule has 234 valence electrons. The number of carbonyl (C=O) groups excluding carboxylic acids is 3. The molecule has 0 unspecified atom stereocenters. The maximum atomic E-state index is 14.1. The summed E-state index contributed by atoms with van der Waals surface area (Å²) in [5.74, 6) is 0.999. The third-order valence-electron chi connectivity index (χ3n) is 9.73. The van der Waals surface area contributed by atoms with Gasteiger partial charge in [0.15, 0.2) is 0 Å². The quantitative estimate of drug-likeness (QED) is 0.266. The molecule has 1 aromatic heterocycles. The molecular formula is C32H44N4O6S. The van der Waals surface area contributed by atoms with E-state index in [1.54, 1.807) is 18.7 Å². The molecule has 3 amide bonds. The van der Waals surface area contributed by atoms with Crippen LogP contribution in [0.25, 0.3) is 10.9 Å². The highest BCUT2D eigenvalue weighted by Gasteiger charge is 2.50. The molecule has 2 aromatic rings. The van der Waals surface area contributed by atoms with E-state index in [1.807, 2.05) is 36.7 Å². The molecule has 11 heteroatoms. The van der Waals surface area contributed by atoms with Crippen LogP contribution in [0, 0.1) is 23.7 Å². The second-order valence-corrected chi connectivity index (χ2v) is 14.0. The number of H-pyrrole nitrogens is 1. The van der Waals surface area contributed by atoms with Gasteiger partial charge in [-0.05, 0) is 92.8 Å². The number of hydrogen-bond donors (Lipinski definition) is 4. The van der Waals surface area contributed by atoms with Crippen molar-refractivity contribution in [3.05, 3.63) is 36.0 Å². The third-order valence-corrected chi connectivity index (χ3v) is 10.4. The van der Waals surface area contributed by atoms with E-state index in [0.717, 1.165) is 54.0 Å². The Morgan fingerprint density at radius 1 is 1.12 bits per heavy atom. The first kappa shape index (κ1) is 31.2. The molecule has 4 saturated carbocycles. The molecule has 0 saturated heterocycles. The molecule has 4 aliphatic carbocycles. The smallest absolute Gasteiger partial charge is 0.408 e. The maximum absolute atomic E-state index is 14.1. The summed E-state index contributed by atoms with van der Waals surface area (Å²) in [7, 11) is 1.54. The number of nitrogens with one attached hydrogen (secondary N) is 3. The number of hydrogen-bond acceptors (Lipinski definition) is 6. The number of carbonyl (C=O) groups is 4. The highest BCUT2D eigenvalue weighted by molar-refractivity contribution is 7.98. The molecule has 1 heterocycles. The minimum atomic E-state index is -1.43. The molecule has 4 N–H and O–H groups in total. The largest absolute Gasteiger partial charge is 0.481 e. The van der Waals surface area contributed by atoms with Crippen molar-refractivity contribution in [2.24, 2.45) is 23.7 Å². The zero-order valence-electron chi connectivity index (χ0n) is 25.3. The summed E-state index contributed by atoms with van der Waals surface area (Å²) >= 11 is 1.55. The number of rotatable bonds is 13. The van der Waals surface area contributed by atoms with Crippen LogP contribution in [0.15, 0.2) is 30.5 Å². The van der Waals surface area contributed by atoms with E-state index in [1.165, 1.54) is 18.4 Å². The molecule has 2 atom stereocenters. The maximum Gasteiger partial charge on any atom is 0.408 e. The van der Waals surface area contributed by atoms with Crippen LogP contribution in [0.5, 0.6) is 0 Å². The molecule has 1 aromatic carbocycles. The van der Waals surface area contributed by atoms with Crippen LogP contribution >= 0.6 is 11.8 Å². The van der Waals surface area contributed by atoms with Gasteiger partial charge in [0, 0.05) is 37.1 Å². The highest BCUT2D eigenvalue weighted by atomic mass is 32.2. The van der Waals surface area contributed by atoms with E-state index < -0.39 is 29.6 Å². The molecule has 0 radical (unpaired) electrons. The number of nitrogens with zero attached hydrogens (tertiary/aromatic N) is 1. The average Bonchev–Trinajstić information content (AvgIpc) is 3.37. The summed E-state index contributed by atoms with van der Waals surface area (Å²) < 4.78 is 6.12. The van der Waals surface area contributed by atoms with Crippen molar-refractivity contribution in [2.75, 3.05) is 25.6 Å². The topological polar surface area (TPSA) is 141 Å². The monoisotopic (exact) mass is 612 g/mol. The van der Waals surface area contributed by atoms with Gasteiger partial charge in [-0.1, -0.05) is 18.2 Å². The lowest BCUT2D eigenvalue weighted by Gasteiger charge is -2.53. The number of para-hydroxylation sites is 1. The Bertz CT molecular complexity index is 1320. The number of benzene rings is 1. The Balaban J connectivity index is 1.35. The normalized spacial score (nSPS) is 26.0. The Morgan fingerprint density at radius 3 is 2.44 bits per heavy atom. The van der Waals surface area contributed by atoms with Gasteiger partial charge in [-0.25, -0.2) is 4.79 Å². The fourth-order valence-corrected chi connectivity index (χ4v) is 8.21. The summed E-state index contributed by atoms with van der Waals surface area (Å²) in [6, 6.07) is 6.90. The zero-order valence-corrected chi connectivity index (χ0v) is 26.1. The van der Waals surface area contributed by atoms with Crippen molar-refractivity contribution >= 4 is 46.5 Å². The molecular weight excluding hydrogens is 568 g/mol. The third kappa shape index (κ3) is 7.13. The summed E-state index contributed by atoms with van der Waals surface area (Å²) in [6.45, 7) is 1.70. The number of ether oxygens (including phenoxy) is 1. The van der Waals surface area contributed by atoms with Gasteiger partial charge in [-0.15, -0.1) is 0 Å². The molecule has 43 heavy (non-hydrogen) atoms. The summed E-state index contributed by atoms with van der Waals surface area (Å²) in [5.41, 5.74) is 0.351. The standard InChI is InChI=1S/C32H44N4O6S/c1-32(17-23-18-33-25-7-5-4-6-24(23)25,30(40)34-26(9-11-43-3)29(39)36(2)10-8-27(37)38)35-31(41)42-28-21-13-19-12-20(15-21)16-22(28)14-19/h4-7,18-22,26,28,33H,8-17H2,1-3H3,(H,34,40)(H,35,41)(H,37,38)/t19?,20?,21?,22?,26-,28?,32+/m0/s1. The number of thioether (sulfide) groups is 1. The van der Waals surface area contributed by atoms with E-state index in [4.69, 9.17) is 9.84 Å². The van der Waals surface area contributed by atoms with Crippen molar-refractivity contribution in [1.29, 1.82) is 0 Å². The number of carboxylic acids is 1. The van der Waals surface area contributed by atoms with Crippen molar-refractivity contribution in [3.63, 3.8) is 0 Å². The Kier molecular flexibility index (Phi) is 9.58. The van der Waals surface area contributed by atoms with Gasteiger partial charge in [-0.2, -0.15) is 11.8 Å². The van der Waals surface area contributed by atoms with Gasteiger partial charge in [0.1, 0.15) is 17.7 Å². The van der Waals surface area contributed by atoms with Crippen molar-refractivity contribution < 1.29 is 29.0 Å². The number of fused-ring (bicyclic) bond motifs is 1. The van der Waals surface area contributed by atoms with E-state index in [0.29, 0.717) is 24.0 Å². The summed E-state index contributed by atoms with van der Waals surface area (Å²) in [5, 5.41) is 15.9. The number of aliphatic carboxylic acids is 1. The number of carboxylic acid groups (broad SMARTS) is 1. The highest BCUT2D eigenvalue weighted by Crippen LogP contribution is 2.54. The molecule has 4 aliphatic rings. The Labute approximate surface area is 257 Å². The second kappa shape index (κ2) is 13.2. The van der Waals surface area contributed by atoms with Gasteiger partial charge >= 0.3 is 12.1 Å². The fraction of sp³-hybridized carbons (Fsp3) is 0.625. The van der Waals surface area contributed by atoms with Crippen molar-refractivity contribution in [2.45, 2.75) is 76.0 Å². The predicted molar refractivity (Wildman–Crippen MR) is 166 cm³/mol. The minimum Gasteiger partial charge on any atom is -0.481 e. The number of likely N-dealkylation sites (N-methyl/N-ethyl adjacent to an activating group) is 1. The summed E-state index contributed by atoms with van der Waals surface area (Å²) in [6.07, 6.45) is 9.09. The van der Waals surface area contributed by atoms with Crippen LogP contribution in [0.4, 0.5) is 4.79 Å². The average molecular weight is 613 g/mol. The van der Waals surface area contributed by atoms with Crippen molar-refractivity contribution in [1.82, 2.24) is 20.5 Å². The lowest BCUT2D eigenvalue weighted by Crippen LogP contribution is -2.62.